The molecule has 1 saturated heterocycles. The third kappa shape index (κ3) is 6.82. The van der Waals surface area contributed by atoms with Gasteiger partial charge in [0.25, 0.3) is 0 Å². The van der Waals surface area contributed by atoms with Crippen molar-refractivity contribution >= 4 is 11.7 Å². The molecule has 21 heavy (non-hydrogen) atoms. The van der Waals surface area contributed by atoms with Crippen molar-refractivity contribution in [3.63, 3.8) is 0 Å². The number of carbonyl (C=O) groups excluding carboxylic acids is 1. The van der Waals surface area contributed by atoms with Crippen LogP contribution >= 0.6 is 0 Å². The van der Waals surface area contributed by atoms with Crippen molar-refractivity contribution < 1.29 is 10.0 Å². The third-order valence-electron chi connectivity index (χ3n) is 4.38. The van der Waals surface area contributed by atoms with Gasteiger partial charge in [-0.3, -0.25) is 4.79 Å². The molecule has 1 rings (SSSR count). The molecule has 0 saturated carbocycles. The minimum Gasteiger partial charge on any atom is -0.409 e. The second kappa shape index (κ2) is 10.5. The van der Waals surface area contributed by atoms with Gasteiger partial charge in [-0.1, -0.05) is 50.6 Å². The van der Waals surface area contributed by atoms with E-state index in [9.17, 15) is 4.79 Å². The maximum Gasteiger partial charge on any atom is 0.222 e. The number of carbonyl (C=O) groups is 1. The Kier molecular flexibility index (Phi) is 8.87. The Labute approximate surface area is 128 Å². The van der Waals surface area contributed by atoms with Crippen molar-refractivity contribution in [1.82, 2.24) is 4.90 Å². The molecule has 0 unspecified atom stereocenters. The quantitative estimate of drug-likeness (QED) is 0.226. The summed E-state index contributed by atoms with van der Waals surface area (Å²) in [5.41, 5.74) is 5.61. The number of oxime groups is 1. The Morgan fingerprint density at radius 3 is 2.29 bits per heavy atom. The van der Waals surface area contributed by atoms with Crippen LogP contribution in [0.3, 0.4) is 0 Å². The van der Waals surface area contributed by atoms with Gasteiger partial charge in [0.05, 0.1) is 0 Å². The summed E-state index contributed by atoms with van der Waals surface area (Å²) in [6, 6.07) is 0. The highest BCUT2D eigenvalue weighted by molar-refractivity contribution is 5.83. The highest BCUT2D eigenvalue weighted by Crippen LogP contribution is 2.18. The van der Waals surface area contributed by atoms with E-state index in [0.29, 0.717) is 12.3 Å². The van der Waals surface area contributed by atoms with Crippen LogP contribution in [0, 0.1) is 5.92 Å². The molecule has 0 aromatic rings. The highest BCUT2D eigenvalue weighted by atomic mass is 16.4. The fraction of sp³-hybridized carbons (Fsp3) is 0.875. The monoisotopic (exact) mass is 297 g/mol. The molecule has 1 aliphatic heterocycles. The highest BCUT2D eigenvalue weighted by Gasteiger charge is 2.24. The number of hydrogen-bond donors (Lipinski definition) is 2. The van der Waals surface area contributed by atoms with E-state index in [1.807, 2.05) is 4.90 Å². The lowest BCUT2D eigenvalue weighted by Crippen LogP contribution is -2.41. The first kappa shape index (κ1) is 17.8. The first-order valence-electron chi connectivity index (χ1n) is 8.44. The minimum absolute atomic E-state index is 0.123. The second-order valence-electron chi connectivity index (χ2n) is 6.05. The number of piperidine rings is 1. The van der Waals surface area contributed by atoms with Gasteiger partial charge in [-0.2, -0.15) is 0 Å². The zero-order valence-corrected chi connectivity index (χ0v) is 13.4. The summed E-state index contributed by atoms with van der Waals surface area (Å²) in [4.78, 5) is 14.0. The Morgan fingerprint density at radius 2 is 1.71 bits per heavy atom. The Hall–Kier alpha value is -1.26. The summed E-state index contributed by atoms with van der Waals surface area (Å²) in [5, 5.41) is 11.7. The molecule has 0 aromatic heterocycles. The van der Waals surface area contributed by atoms with E-state index in [1.165, 1.54) is 32.1 Å². The topological polar surface area (TPSA) is 78.9 Å². The van der Waals surface area contributed by atoms with Crippen molar-refractivity contribution in [2.75, 3.05) is 13.1 Å². The van der Waals surface area contributed by atoms with Crippen LogP contribution in [0.25, 0.3) is 0 Å². The Morgan fingerprint density at radius 1 is 1.14 bits per heavy atom. The van der Waals surface area contributed by atoms with E-state index >= 15 is 0 Å². The van der Waals surface area contributed by atoms with Gasteiger partial charge in [0, 0.05) is 25.4 Å². The van der Waals surface area contributed by atoms with Gasteiger partial charge < -0.3 is 15.8 Å². The van der Waals surface area contributed by atoms with Gasteiger partial charge in [-0.05, 0) is 19.3 Å². The normalized spacial score (nSPS) is 17.2. The van der Waals surface area contributed by atoms with Crippen molar-refractivity contribution in [1.29, 1.82) is 0 Å². The molecular weight excluding hydrogens is 266 g/mol. The molecule has 5 nitrogen and oxygen atoms in total. The zero-order valence-electron chi connectivity index (χ0n) is 13.4. The standard InChI is InChI=1S/C16H31N3O2/c1-2-3-4-5-6-7-8-9-15(20)19-12-10-14(11-13-19)16(17)18-21/h14,21H,2-13H2,1H3,(H2,17,18). The summed E-state index contributed by atoms with van der Waals surface area (Å²) in [5.74, 6) is 0.688. The molecule has 0 atom stereocenters. The summed E-state index contributed by atoms with van der Waals surface area (Å²) in [7, 11) is 0. The smallest absolute Gasteiger partial charge is 0.222 e. The van der Waals surface area contributed by atoms with Crippen LogP contribution in [-0.4, -0.2) is 34.9 Å². The van der Waals surface area contributed by atoms with Gasteiger partial charge in [0.15, 0.2) is 0 Å². The van der Waals surface area contributed by atoms with Crippen LogP contribution in [0.5, 0.6) is 0 Å². The molecule has 5 heteroatoms. The van der Waals surface area contributed by atoms with Crippen molar-refractivity contribution in [2.45, 2.75) is 71.1 Å². The number of likely N-dealkylation sites (tertiary alicyclic amines) is 1. The van der Waals surface area contributed by atoms with E-state index in [1.54, 1.807) is 0 Å². The van der Waals surface area contributed by atoms with Crippen molar-refractivity contribution in [2.24, 2.45) is 16.8 Å². The SMILES string of the molecule is CCCCCCCCCC(=O)N1CCC(C(N)=NO)CC1. The molecule has 1 aliphatic rings. The molecule has 1 heterocycles. The van der Waals surface area contributed by atoms with Gasteiger partial charge in [-0.25, -0.2) is 0 Å². The van der Waals surface area contributed by atoms with E-state index in [4.69, 9.17) is 10.9 Å². The molecule has 0 bridgehead atoms. The Bertz CT molecular complexity index is 323. The third-order valence-corrected chi connectivity index (χ3v) is 4.38. The van der Waals surface area contributed by atoms with Crippen LogP contribution in [0.15, 0.2) is 5.16 Å². The number of nitrogens with two attached hydrogens (primary N) is 1. The number of rotatable bonds is 9. The number of amidine groups is 1. The summed E-state index contributed by atoms with van der Waals surface area (Å²) in [6.07, 6.45) is 10.9. The largest absolute Gasteiger partial charge is 0.409 e. The maximum absolute atomic E-state index is 12.1. The minimum atomic E-state index is 0.123. The van der Waals surface area contributed by atoms with Crippen LogP contribution in [0.1, 0.15) is 71.1 Å². The van der Waals surface area contributed by atoms with Crippen molar-refractivity contribution in [3.05, 3.63) is 0 Å². The van der Waals surface area contributed by atoms with Gasteiger partial charge in [0.1, 0.15) is 5.84 Å². The lowest BCUT2D eigenvalue weighted by Gasteiger charge is -2.31. The number of nitrogens with zero attached hydrogens (tertiary/aromatic N) is 2. The van der Waals surface area contributed by atoms with Crippen LogP contribution in [0.4, 0.5) is 0 Å². The lowest BCUT2D eigenvalue weighted by atomic mass is 9.95. The van der Waals surface area contributed by atoms with Gasteiger partial charge in [-0.15, -0.1) is 0 Å². The molecule has 122 valence electrons. The first-order valence-corrected chi connectivity index (χ1v) is 8.44. The molecule has 0 radical (unpaired) electrons. The Balaban J connectivity index is 2.08. The van der Waals surface area contributed by atoms with Gasteiger partial charge in [0.2, 0.25) is 5.91 Å². The maximum atomic E-state index is 12.1. The van der Waals surface area contributed by atoms with E-state index in [0.717, 1.165) is 38.8 Å². The van der Waals surface area contributed by atoms with Crippen LogP contribution < -0.4 is 5.73 Å². The average molecular weight is 297 g/mol. The van der Waals surface area contributed by atoms with Crippen LogP contribution in [0.2, 0.25) is 0 Å². The first-order chi connectivity index (χ1) is 10.2. The van der Waals surface area contributed by atoms with E-state index in [2.05, 4.69) is 12.1 Å². The second-order valence-corrected chi connectivity index (χ2v) is 6.05. The molecule has 1 fully saturated rings. The molecular formula is C16H31N3O2. The zero-order chi connectivity index (χ0) is 15.5. The summed E-state index contributed by atoms with van der Waals surface area (Å²) >= 11 is 0. The van der Waals surface area contributed by atoms with E-state index < -0.39 is 0 Å². The number of hydrogen-bond acceptors (Lipinski definition) is 3. The fourth-order valence-electron chi connectivity index (χ4n) is 2.90. The predicted molar refractivity (Wildman–Crippen MR) is 85.3 cm³/mol. The average Bonchev–Trinajstić information content (AvgIpc) is 2.53. The molecule has 0 spiro atoms. The van der Waals surface area contributed by atoms with E-state index in [-0.39, 0.29) is 11.8 Å². The summed E-state index contributed by atoms with van der Waals surface area (Å²) in [6.45, 7) is 3.69. The van der Waals surface area contributed by atoms with Crippen LogP contribution in [-0.2, 0) is 4.79 Å². The predicted octanol–water partition coefficient (Wildman–Crippen LogP) is 3.11. The molecule has 0 aromatic carbocycles. The molecule has 1 amide bonds. The lowest BCUT2D eigenvalue weighted by molar-refractivity contribution is -0.132. The molecule has 3 N–H and O–H groups in total. The number of unbranched alkanes of at least 4 members (excludes halogenated alkanes) is 6. The van der Waals surface area contributed by atoms with Crippen molar-refractivity contribution in [3.8, 4) is 0 Å². The fourth-order valence-corrected chi connectivity index (χ4v) is 2.90. The van der Waals surface area contributed by atoms with Gasteiger partial charge >= 0.3 is 0 Å². The molecule has 0 aliphatic carbocycles. The summed E-state index contributed by atoms with van der Waals surface area (Å²) < 4.78 is 0. The number of amides is 1.